The molecular formula is C17H14BrN3O2. The number of H-pyrrole nitrogens is 1. The Hall–Kier alpha value is -2.60. The van der Waals surface area contributed by atoms with Crippen molar-refractivity contribution in [1.82, 2.24) is 10.4 Å². The van der Waals surface area contributed by atoms with Gasteiger partial charge in [-0.1, -0.05) is 30.3 Å². The second kappa shape index (κ2) is 7.11. The van der Waals surface area contributed by atoms with Crippen molar-refractivity contribution in [2.24, 2.45) is 5.10 Å². The number of fused-ring (bicyclic) bond motifs is 1. The molecule has 0 atom stereocenters. The summed E-state index contributed by atoms with van der Waals surface area (Å²) < 4.78 is 6.22. The van der Waals surface area contributed by atoms with Crippen molar-refractivity contribution < 1.29 is 9.53 Å². The number of aromatic amines is 1. The number of nitrogens with zero attached hydrogens (tertiary/aromatic N) is 1. The zero-order valence-corrected chi connectivity index (χ0v) is 13.7. The van der Waals surface area contributed by atoms with Gasteiger partial charge in [-0.25, -0.2) is 5.43 Å². The molecule has 2 aromatic carbocycles. The predicted octanol–water partition coefficient (Wildman–Crippen LogP) is 3.46. The van der Waals surface area contributed by atoms with Gasteiger partial charge in [0.15, 0.2) is 6.61 Å². The monoisotopic (exact) mass is 371 g/mol. The van der Waals surface area contributed by atoms with E-state index in [9.17, 15) is 4.79 Å². The summed E-state index contributed by atoms with van der Waals surface area (Å²) in [6.45, 7) is -0.103. The predicted molar refractivity (Wildman–Crippen MR) is 93.7 cm³/mol. The average Bonchev–Trinajstić information content (AvgIpc) is 2.98. The maximum Gasteiger partial charge on any atom is 0.277 e. The summed E-state index contributed by atoms with van der Waals surface area (Å²) in [5.41, 5.74) is 4.39. The van der Waals surface area contributed by atoms with Crippen molar-refractivity contribution in [1.29, 1.82) is 0 Å². The highest BCUT2D eigenvalue weighted by Gasteiger charge is 2.04. The van der Waals surface area contributed by atoms with Crippen LogP contribution in [0.3, 0.4) is 0 Å². The van der Waals surface area contributed by atoms with Crippen LogP contribution in [-0.4, -0.2) is 23.7 Å². The van der Waals surface area contributed by atoms with Crippen LogP contribution in [0.1, 0.15) is 5.56 Å². The fraction of sp³-hybridized carbons (Fsp3) is 0.0588. The number of nitrogens with one attached hydrogen (secondary N) is 2. The number of ether oxygens (including phenoxy) is 1. The van der Waals surface area contributed by atoms with Crippen LogP contribution in [0.15, 0.2) is 64.3 Å². The van der Waals surface area contributed by atoms with E-state index in [1.165, 1.54) is 0 Å². The Morgan fingerprint density at radius 3 is 2.87 bits per heavy atom. The highest BCUT2D eigenvalue weighted by Crippen LogP contribution is 2.23. The average molecular weight is 372 g/mol. The van der Waals surface area contributed by atoms with Crippen LogP contribution < -0.4 is 10.2 Å². The Kier molecular flexibility index (Phi) is 4.73. The van der Waals surface area contributed by atoms with Gasteiger partial charge in [-0.3, -0.25) is 4.79 Å². The van der Waals surface area contributed by atoms with Gasteiger partial charge in [0.1, 0.15) is 5.75 Å². The summed E-state index contributed by atoms with van der Waals surface area (Å²) in [7, 11) is 0. The van der Waals surface area contributed by atoms with Crippen molar-refractivity contribution in [3.05, 3.63) is 64.8 Å². The third-order valence-electron chi connectivity index (χ3n) is 3.21. The first-order valence-electron chi connectivity index (χ1n) is 6.99. The maximum atomic E-state index is 11.7. The SMILES string of the molecule is O=C(COc1ccccc1Br)N/N=C/c1c[nH]c2ccccc12. The van der Waals surface area contributed by atoms with E-state index in [4.69, 9.17) is 4.74 Å². The number of carbonyl (C=O) groups is 1. The van der Waals surface area contributed by atoms with E-state index in [-0.39, 0.29) is 12.5 Å². The van der Waals surface area contributed by atoms with E-state index >= 15 is 0 Å². The molecule has 0 unspecified atom stereocenters. The zero-order chi connectivity index (χ0) is 16.1. The molecule has 0 bridgehead atoms. The molecule has 0 saturated heterocycles. The highest BCUT2D eigenvalue weighted by molar-refractivity contribution is 9.10. The summed E-state index contributed by atoms with van der Waals surface area (Å²) in [5.74, 6) is 0.292. The van der Waals surface area contributed by atoms with Crippen LogP contribution in [0.4, 0.5) is 0 Å². The number of para-hydroxylation sites is 2. The van der Waals surface area contributed by atoms with E-state index < -0.39 is 0 Å². The molecule has 3 aromatic rings. The van der Waals surface area contributed by atoms with Crippen molar-refractivity contribution in [3.63, 3.8) is 0 Å². The van der Waals surface area contributed by atoms with Gasteiger partial charge in [-0.2, -0.15) is 5.10 Å². The lowest BCUT2D eigenvalue weighted by molar-refractivity contribution is -0.123. The lowest BCUT2D eigenvalue weighted by atomic mass is 10.2. The third kappa shape index (κ3) is 3.78. The molecule has 6 heteroatoms. The Labute approximate surface area is 141 Å². The minimum Gasteiger partial charge on any atom is -0.483 e. The molecule has 0 spiro atoms. The molecule has 0 radical (unpaired) electrons. The molecule has 0 aliphatic rings. The van der Waals surface area contributed by atoms with E-state index in [1.54, 1.807) is 12.3 Å². The molecule has 5 nitrogen and oxygen atoms in total. The summed E-state index contributed by atoms with van der Waals surface area (Å²) in [6, 6.07) is 15.2. The van der Waals surface area contributed by atoms with E-state index in [1.807, 2.05) is 48.7 Å². The number of halogens is 1. The Bertz CT molecular complexity index is 858. The summed E-state index contributed by atoms with van der Waals surface area (Å²) in [4.78, 5) is 14.9. The van der Waals surface area contributed by atoms with Crippen LogP contribution >= 0.6 is 15.9 Å². The minimum atomic E-state index is -0.322. The number of aromatic nitrogens is 1. The molecule has 116 valence electrons. The van der Waals surface area contributed by atoms with E-state index in [2.05, 4.69) is 31.4 Å². The molecule has 3 rings (SSSR count). The molecule has 1 aromatic heterocycles. The normalized spacial score (nSPS) is 11.0. The number of hydrazone groups is 1. The molecule has 23 heavy (non-hydrogen) atoms. The summed E-state index contributed by atoms with van der Waals surface area (Å²) in [6.07, 6.45) is 3.45. The van der Waals surface area contributed by atoms with Gasteiger partial charge < -0.3 is 9.72 Å². The van der Waals surface area contributed by atoms with Gasteiger partial charge in [0.05, 0.1) is 10.7 Å². The Balaban J connectivity index is 1.55. The van der Waals surface area contributed by atoms with Gasteiger partial charge >= 0.3 is 0 Å². The first-order chi connectivity index (χ1) is 11.2. The summed E-state index contributed by atoms with van der Waals surface area (Å²) in [5, 5.41) is 5.01. The van der Waals surface area contributed by atoms with Crippen molar-refractivity contribution >= 4 is 39.0 Å². The zero-order valence-electron chi connectivity index (χ0n) is 12.1. The second-order valence-electron chi connectivity index (χ2n) is 4.80. The Morgan fingerprint density at radius 2 is 2.00 bits per heavy atom. The van der Waals surface area contributed by atoms with Crippen LogP contribution in [0.5, 0.6) is 5.75 Å². The van der Waals surface area contributed by atoms with Crippen LogP contribution in [0.25, 0.3) is 10.9 Å². The quantitative estimate of drug-likeness (QED) is 0.532. The molecular weight excluding hydrogens is 358 g/mol. The fourth-order valence-electron chi connectivity index (χ4n) is 2.11. The number of benzene rings is 2. The second-order valence-corrected chi connectivity index (χ2v) is 5.66. The number of hydrogen-bond donors (Lipinski definition) is 2. The van der Waals surface area contributed by atoms with Crippen LogP contribution in [0.2, 0.25) is 0 Å². The lowest BCUT2D eigenvalue weighted by Crippen LogP contribution is -2.24. The van der Waals surface area contributed by atoms with Gasteiger partial charge in [0, 0.05) is 22.7 Å². The number of carbonyl (C=O) groups excluding carboxylic acids is 1. The first-order valence-corrected chi connectivity index (χ1v) is 7.78. The molecule has 1 heterocycles. The number of hydrogen-bond acceptors (Lipinski definition) is 3. The van der Waals surface area contributed by atoms with E-state index in [0.717, 1.165) is 20.9 Å². The van der Waals surface area contributed by atoms with Crippen LogP contribution in [0, 0.1) is 0 Å². The first kappa shape index (κ1) is 15.3. The minimum absolute atomic E-state index is 0.103. The van der Waals surface area contributed by atoms with E-state index in [0.29, 0.717) is 5.75 Å². The third-order valence-corrected chi connectivity index (χ3v) is 3.86. The molecule has 0 aliphatic heterocycles. The topological polar surface area (TPSA) is 66.5 Å². The van der Waals surface area contributed by atoms with Gasteiger partial charge in [0.2, 0.25) is 0 Å². The smallest absolute Gasteiger partial charge is 0.277 e. The van der Waals surface area contributed by atoms with Crippen LogP contribution in [-0.2, 0) is 4.79 Å². The van der Waals surface area contributed by atoms with Crippen molar-refractivity contribution in [3.8, 4) is 5.75 Å². The van der Waals surface area contributed by atoms with Crippen molar-refractivity contribution in [2.45, 2.75) is 0 Å². The Morgan fingerprint density at radius 1 is 1.22 bits per heavy atom. The lowest BCUT2D eigenvalue weighted by Gasteiger charge is -2.06. The summed E-state index contributed by atoms with van der Waals surface area (Å²) >= 11 is 3.36. The number of amides is 1. The molecule has 0 fully saturated rings. The highest BCUT2D eigenvalue weighted by atomic mass is 79.9. The standard InChI is InChI=1S/C17H14BrN3O2/c18-14-6-2-4-8-16(14)23-11-17(22)21-20-10-12-9-19-15-7-3-1-5-13(12)15/h1-10,19H,11H2,(H,21,22)/b20-10+. The molecule has 1 amide bonds. The van der Waals surface area contributed by atoms with Gasteiger partial charge in [-0.15, -0.1) is 0 Å². The van der Waals surface area contributed by atoms with Gasteiger partial charge in [-0.05, 0) is 34.1 Å². The maximum absolute atomic E-state index is 11.7. The fourth-order valence-corrected chi connectivity index (χ4v) is 2.51. The molecule has 2 N–H and O–H groups in total. The van der Waals surface area contributed by atoms with Crippen molar-refractivity contribution in [2.75, 3.05) is 6.61 Å². The largest absolute Gasteiger partial charge is 0.483 e. The molecule has 0 saturated carbocycles. The number of rotatable bonds is 5. The van der Waals surface area contributed by atoms with Gasteiger partial charge in [0.25, 0.3) is 5.91 Å². The molecule has 0 aliphatic carbocycles.